The Labute approximate surface area is 196 Å². The number of H-pyrrole nitrogens is 1. The summed E-state index contributed by atoms with van der Waals surface area (Å²) in [6.07, 6.45) is 2.04. The van der Waals surface area contributed by atoms with Crippen LogP contribution in [0.2, 0.25) is 0 Å². The average molecular weight is 431 g/mol. The number of hydrogen-bond acceptors (Lipinski definition) is 1. The number of aryl methyl sites for hydroxylation is 1. The number of benzene rings is 4. The average Bonchev–Trinajstić information content (AvgIpc) is 3.33. The molecule has 0 spiro atoms. The first kappa shape index (κ1) is 21.2. The Morgan fingerprint density at radius 2 is 1.18 bits per heavy atom. The minimum Gasteiger partial charge on any atom is -0.341 e. The zero-order valence-electron chi connectivity index (χ0n) is 19.6. The van der Waals surface area contributed by atoms with E-state index < -0.39 is 0 Å². The van der Waals surface area contributed by atoms with Gasteiger partial charge in [-0.05, 0) is 65.3 Å². The second-order valence-electron chi connectivity index (χ2n) is 8.99. The van der Waals surface area contributed by atoms with Crippen molar-refractivity contribution in [3.05, 3.63) is 114 Å². The van der Waals surface area contributed by atoms with Gasteiger partial charge in [0.15, 0.2) is 0 Å². The standard InChI is InChI=1S/C31H30N2/c1-4-22-10-12-23(13-11-22)24-14-16-25(17-15-24)26-18-20-27(21-19-26)31(3,5-2)30-32-28-8-6-7-9-29(28)33-30/h6-21H,4-5H2,1-3H3,(H,32,33). The highest BCUT2D eigenvalue weighted by atomic mass is 14.9. The zero-order chi connectivity index (χ0) is 22.8. The smallest absolute Gasteiger partial charge is 0.117 e. The van der Waals surface area contributed by atoms with Gasteiger partial charge in [-0.2, -0.15) is 0 Å². The molecule has 2 heteroatoms. The minimum atomic E-state index is -0.161. The van der Waals surface area contributed by atoms with E-state index in [4.69, 9.17) is 4.98 Å². The Bertz CT molecular complexity index is 1330. The van der Waals surface area contributed by atoms with Gasteiger partial charge in [-0.1, -0.05) is 98.8 Å². The van der Waals surface area contributed by atoms with Gasteiger partial charge in [-0.15, -0.1) is 0 Å². The minimum absolute atomic E-state index is 0.161. The Balaban J connectivity index is 1.41. The lowest BCUT2D eigenvalue weighted by Crippen LogP contribution is -2.24. The summed E-state index contributed by atoms with van der Waals surface area (Å²) in [5, 5.41) is 0. The molecule has 5 rings (SSSR count). The Kier molecular flexibility index (Phi) is 5.60. The van der Waals surface area contributed by atoms with Crippen molar-refractivity contribution in [1.82, 2.24) is 9.97 Å². The predicted molar refractivity (Wildman–Crippen MR) is 140 cm³/mol. The fourth-order valence-corrected chi connectivity index (χ4v) is 4.54. The number of fused-ring (bicyclic) bond motifs is 1. The van der Waals surface area contributed by atoms with E-state index in [1.807, 2.05) is 12.1 Å². The van der Waals surface area contributed by atoms with Crippen molar-refractivity contribution < 1.29 is 0 Å². The van der Waals surface area contributed by atoms with Crippen LogP contribution >= 0.6 is 0 Å². The molecule has 0 amide bonds. The second-order valence-corrected chi connectivity index (χ2v) is 8.99. The molecule has 0 bridgehead atoms. The van der Waals surface area contributed by atoms with Crippen molar-refractivity contribution in [2.24, 2.45) is 0 Å². The van der Waals surface area contributed by atoms with E-state index in [-0.39, 0.29) is 5.41 Å². The largest absolute Gasteiger partial charge is 0.341 e. The van der Waals surface area contributed by atoms with Crippen LogP contribution in [-0.4, -0.2) is 9.97 Å². The number of nitrogens with zero attached hydrogens (tertiary/aromatic N) is 1. The van der Waals surface area contributed by atoms with Crippen LogP contribution in [-0.2, 0) is 11.8 Å². The summed E-state index contributed by atoms with van der Waals surface area (Å²) in [6, 6.07) is 35.0. The van der Waals surface area contributed by atoms with Crippen LogP contribution in [0.1, 0.15) is 44.1 Å². The van der Waals surface area contributed by atoms with Crippen LogP contribution in [0.3, 0.4) is 0 Å². The quantitative estimate of drug-likeness (QED) is 0.289. The van der Waals surface area contributed by atoms with Gasteiger partial charge in [0.25, 0.3) is 0 Å². The molecule has 1 unspecified atom stereocenters. The normalized spacial score (nSPS) is 13.2. The van der Waals surface area contributed by atoms with E-state index in [0.717, 1.165) is 29.7 Å². The van der Waals surface area contributed by atoms with E-state index in [1.165, 1.54) is 33.4 Å². The van der Waals surface area contributed by atoms with Crippen molar-refractivity contribution in [1.29, 1.82) is 0 Å². The van der Waals surface area contributed by atoms with Crippen molar-refractivity contribution >= 4 is 11.0 Å². The van der Waals surface area contributed by atoms with Gasteiger partial charge in [-0.3, -0.25) is 0 Å². The molecule has 5 aromatic rings. The fraction of sp³-hybridized carbons (Fsp3) is 0.194. The molecule has 0 aliphatic carbocycles. The first-order valence-electron chi connectivity index (χ1n) is 11.9. The van der Waals surface area contributed by atoms with Crippen LogP contribution < -0.4 is 0 Å². The Morgan fingerprint density at radius 3 is 1.70 bits per heavy atom. The maximum absolute atomic E-state index is 4.91. The number of aromatic nitrogens is 2. The zero-order valence-corrected chi connectivity index (χ0v) is 19.6. The lowest BCUT2D eigenvalue weighted by molar-refractivity contribution is 0.520. The van der Waals surface area contributed by atoms with Crippen LogP contribution in [0.5, 0.6) is 0 Å². The van der Waals surface area contributed by atoms with Crippen LogP contribution in [0.4, 0.5) is 0 Å². The van der Waals surface area contributed by atoms with Crippen LogP contribution in [0, 0.1) is 0 Å². The number of nitrogens with one attached hydrogen (secondary N) is 1. The van der Waals surface area contributed by atoms with Gasteiger partial charge in [0.05, 0.1) is 16.4 Å². The Hall–Kier alpha value is -3.65. The van der Waals surface area contributed by atoms with Gasteiger partial charge in [0, 0.05) is 0 Å². The van der Waals surface area contributed by atoms with Crippen molar-refractivity contribution in [2.45, 2.75) is 39.0 Å². The summed E-state index contributed by atoms with van der Waals surface area (Å²) in [6.45, 7) is 6.69. The summed E-state index contributed by atoms with van der Waals surface area (Å²) in [7, 11) is 0. The number of rotatable bonds is 6. The molecule has 164 valence electrons. The summed E-state index contributed by atoms with van der Waals surface area (Å²) < 4.78 is 0. The van der Waals surface area contributed by atoms with E-state index in [1.54, 1.807) is 0 Å². The molecule has 4 aromatic carbocycles. The fourth-order valence-electron chi connectivity index (χ4n) is 4.54. The molecule has 2 nitrogen and oxygen atoms in total. The second kappa shape index (κ2) is 8.71. The third-order valence-corrected chi connectivity index (χ3v) is 7.05. The molecule has 1 heterocycles. The van der Waals surface area contributed by atoms with Crippen molar-refractivity contribution in [3.8, 4) is 22.3 Å². The highest BCUT2D eigenvalue weighted by molar-refractivity contribution is 5.75. The molecule has 0 saturated heterocycles. The monoisotopic (exact) mass is 430 g/mol. The molecule has 0 aliphatic rings. The summed E-state index contributed by atoms with van der Waals surface area (Å²) >= 11 is 0. The van der Waals surface area contributed by atoms with Gasteiger partial charge in [-0.25, -0.2) is 4.98 Å². The van der Waals surface area contributed by atoms with Crippen molar-refractivity contribution in [2.75, 3.05) is 0 Å². The van der Waals surface area contributed by atoms with E-state index in [2.05, 4.69) is 111 Å². The number of imidazole rings is 1. The van der Waals surface area contributed by atoms with Gasteiger partial charge in [0.1, 0.15) is 5.82 Å². The number of aromatic amines is 1. The van der Waals surface area contributed by atoms with Crippen LogP contribution in [0.25, 0.3) is 33.3 Å². The highest BCUT2D eigenvalue weighted by Gasteiger charge is 2.30. The van der Waals surface area contributed by atoms with E-state index in [0.29, 0.717) is 0 Å². The molecule has 0 saturated carbocycles. The van der Waals surface area contributed by atoms with E-state index in [9.17, 15) is 0 Å². The molecular weight excluding hydrogens is 400 g/mol. The molecule has 0 aliphatic heterocycles. The maximum atomic E-state index is 4.91. The molecule has 1 N–H and O–H groups in total. The summed E-state index contributed by atoms with van der Waals surface area (Å²) in [5.74, 6) is 1.03. The summed E-state index contributed by atoms with van der Waals surface area (Å²) in [4.78, 5) is 8.46. The SMILES string of the molecule is CCc1ccc(-c2ccc(-c3ccc(C(C)(CC)c4nc5ccccc5[nH]4)cc3)cc2)cc1. The predicted octanol–water partition coefficient (Wildman–Crippen LogP) is 8.18. The third kappa shape index (κ3) is 3.98. The molecule has 1 aromatic heterocycles. The maximum Gasteiger partial charge on any atom is 0.117 e. The van der Waals surface area contributed by atoms with Gasteiger partial charge < -0.3 is 4.98 Å². The molecule has 33 heavy (non-hydrogen) atoms. The van der Waals surface area contributed by atoms with Gasteiger partial charge >= 0.3 is 0 Å². The summed E-state index contributed by atoms with van der Waals surface area (Å²) in [5.41, 5.74) is 9.58. The van der Waals surface area contributed by atoms with Crippen LogP contribution in [0.15, 0.2) is 97.1 Å². The molecule has 0 fully saturated rings. The lowest BCUT2D eigenvalue weighted by atomic mass is 9.79. The molecule has 0 radical (unpaired) electrons. The first-order valence-corrected chi connectivity index (χ1v) is 11.9. The van der Waals surface area contributed by atoms with Gasteiger partial charge in [0.2, 0.25) is 0 Å². The molecule has 1 atom stereocenters. The first-order chi connectivity index (χ1) is 16.1. The molecular formula is C31H30N2. The number of para-hydroxylation sites is 2. The third-order valence-electron chi connectivity index (χ3n) is 7.05. The Morgan fingerprint density at radius 1 is 0.667 bits per heavy atom. The van der Waals surface area contributed by atoms with E-state index >= 15 is 0 Å². The lowest BCUT2D eigenvalue weighted by Gasteiger charge is -2.27. The number of hydrogen-bond donors (Lipinski definition) is 1. The topological polar surface area (TPSA) is 28.7 Å². The highest BCUT2D eigenvalue weighted by Crippen LogP contribution is 2.36. The van der Waals surface area contributed by atoms with Crippen molar-refractivity contribution in [3.63, 3.8) is 0 Å².